The summed E-state index contributed by atoms with van der Waals surface area (Å²) in [6.07, 6.45) is 3.77. The normalized spacial score (nSPS) is 31.8. The van der Waals surface area contributed by atoms with Crippen LogP contribution in [0.5, 0.6) is 0 Å². The maximum Gasteiger partial charge on any atom is 0.306 e. The summed E-state index contributed by atoms with van der Waals surface area (Å²) in [6.45, 7) is 3.70. The zero-order valence-electron chi connectivity index (χ0n) is 9.43. The number of carbonyl (C=O) groups is 1. The van der Waals surface area contributed by atoms with Crippen molar-refractivity contribution >= 4 is 18.4 Å². The number of carboxylic acid groups (broad SMARTS) is 1. The minimum atomic E-state index is -0.615. The van der Waals surface area contributed by atoms with Gasteiger partial charge in [0.05, 0.1) is 19.1 Å². The van der Waals surface area contributed by atoms with E-state index < -0.39 is 5.97 Å². The summed E-state index contributed by atoms with van der Waals surface area (Å²) in [4.78, 5) is 13.3. The third-order valence-electron chi connectivity index (χ3n) is 3.61. The molecule has 1 saturated heterocycles. The zero-order valence-corrected chi connectivity index (χ0v) is 10.2. The topological polar surface area (TPSA) is 49.8 Å². The number of hydrogen-bond donors (Lipinski definition) is 1. The molecule has 1 aliphatic carbocycles. The highest BCUT2D eigenvalue weighted by atomic mass is 35.5. The van der Waals surface area contributed by atoms with Crippen LogP contribution in [0.3, 0.4) is 0 Å². The Morgan fingerprint density at radius 1 is 1.12 bits per heavy atom. The maximum absolute atomic E-state index is 10.8. The number of morpholine rings is 1. The van der Waals surface area contributed by atoms with Crippen molar-refractivity contribution in [3.8, 4) is 0 Å². The third-order valence-corrected chi connectivity index (χ3v) is 3.61. The Morgan fingerprint density at radius 3 is 2.19 bits per heavy atom. The second-order valence-corrected chi connectivity index (χ2v) is 4.49. The fourth-order valence-electron chi connectivity index (χ4n) is 2.63. The molecule has 0 aromatic heterocycles. The number of rotatable bonds is 2. The van der Waals surface area contributed by atoms with E-state index in [-0.39, 0.29) is 18.3 Å². The van der Waals surface area contributed by atoms with Crippen molar-refractivity contribution in [2.75, 3.05) is 26.3 Å². The van der Waals surface area contributed by atoms with Crippen molar-refractivity contribution in [1.29, 1.82) is 0 Å². The average Bonchev–Trinajstić information content (AvgIpc) is 2.30. The molecule has 0 radical (unpaired) electrons. The Balaban J connectivity index is 0.00000128. The highest BCUT2D eigenvalue weighted by Crippen LogP contribution is 2.28. The van der Waals surface area contributed by atoms with Gasteiger partial charge in [0.15, 0.2) is 0 Å². The summed E-state index contributed by atoms with van der Waals surface area (Å²) in [5, 5.41) is 8.90. The fourth-order valence-corrected chi connectivity index (χ4v) is 2.63. The maximum atomic E-state index is 10.8. The predicted octanol–water partition coefficient (Wildman–Crippen LogP) is 1.38. The van der Waals surface area contributed by atoms with Crippen molar-refractivity contribution in [3.63, 3.8) is 0 Å². The van der Waals surface area contributed by atoms with Crippen LogP contribution in [0.15, 0.2) is 0 Å². The van der Waals surface area contributed by atoms with Crippen LogP contribution in [0.1, 0.15) is 25.7 Å². The molecule has 0 spiro atoms. The lowest BCUT2D eigenvalue weighted by molar-refractivity contribution is -0.143. The van der Waals surface area contributed by atoms with Crippen LogP contribution in [0.2, 0.25) is 0 Å². The van der Waals surface area contributed by atoms with Gasteiger partial charge in [-0.3, -0.25) is 9.69 Å². The van der Waals surface area contributed by atoms with Gasteiger partial charge in [0.2, 0.25) is 0 Å². The van der Waals surface area contributed by atoms with E-state index in [0.717, 1.165) is 52.0 Å². The van der Waals surface area contributed by atoms with Gasteiger partial charge in [-0.2, -0.15) is 0 Å². The SMILES string of the molecule is Cl.O=C(O)[C@H]1CC[C@H](N2CCOCC2)CC1. The van der Waals surface area contributed by atoms with E-state index >= 15 is 0 Å². The number of nitrogens with zero attached hydrogens (tertiary/aromatic N) is 1. The van der Waals surface area contributed by atoms with E-state index in [1.807, 2.05) is 0 Å². The Kier molecular flexibility index (Phi) is 5.52. The summed E-state index contributed by atoms with van der Waals surface area (Å²) in [7, 11) is 0. The Morgan fingerprint density at radius 2 is 1.69 bits per heavy atom. The van der Waals surface area contributed by atoms with E-state index in [1.165, 1.54) is 0 Å². The Labute approximate surface area is 102 Å². The molecule has 1 heterocycles. The predicted molar refractivity (Wildman–Crippen MR) is 63.0 cm³/mol. The number of halogens is 1. The molecule has 1 aliphatic heterocycles. The molecule has 1 saturated carbocycles. The van der Waals surface area contributed by atoms with Crippen molar-refractivity contribution in [3.05, 3.63) is 0 Å². The lowest BCUT2D eigenvalue weighted by Gasteiger charge is -2.37. The zero-order chi connectivity index (χ0) is 10.7. The molecule has 1 N–H and O–H groups in total. The number of carboxylic acids is 1. The van der Waals surface area contributed by atoms with Crippen molar-refractivity contribution in [2.45, 2.75) is 31.7 Å². The summed E-state index contributed by atoms with van der Waals surface area (Å²) in [5.74, 6) is -0.710. The van der Waals surface area contributed by atoms with E-state index in [0.29, 0.717) is 6.04 Å². The van der Waals surface area contributed by atoms with Crippen LogP contribution in [0.25, 0.3) is 0 Å². The molecular formula is C11H20ClNO3. The summed E-state index contributed by atoms with van der Waals surface area (Å²) < 4.78 is 5.31. The van der Waals surface area contributed by atoms with Gasteiger partial charge in [-0.1, -0.05) is 0 Å². The van der Waals surface area contributed by atoms with Gasteiger partial charge in [-0.05, 0) is 25.7 Å². The second-order valence-electron chi connectivity index (χ2n) is 4.49. The third kappa shape index (κ3) is 3.34. The molecule has 2 rings (SSSR count). The molecule has 2 aliphatic rings. The lowest BCUT2D eigenvalue weighted by atomic mass is 9.85. The van der Waals surface area contributed by atoms with Gasteiger partial charge in [0, 0.05) is 19.1 Å². The second kappa shape index (κ2) is 6.42. The first-order valence-electron chi connectivity index (χ1n) is 5.82. The molecule has 2 fully saturated rings. The Bertz CT molecular complexity index is 223. The van der Waals surface area contributed by atoms with Gasteiger partial charge in [-0.25, -0.2) is 0 Å². The molecule has 0 unspecified atom stereocenters. The van der Waals surface area contributed by atoms with Crippen LogP contribution in [-0.2, 0) is 9.53 Å². The molecule has 4 nitrogen and oxygen atoms in total. The molecule has 0 amide bonds. The van der Waals surface area contributed by atoms with Crippen LogP contribution < -0.4 is 0 Å². The van der Waals surface area contributed by atoms with Crippen LogP contribution in [0.4, 0.5) is 0 Å². The molecule has 0 aromatic carbocycles. The van der Waals surface area contributed by atoms with Gasteiger partial charge in [0.1, 0.15) is 0 Å². The summed E-state index contributed by atoms with van der Waals surface area (Å²) in [6, 6.07) is 0.601. The van der Waals surface area contributed by atoms with Crippen molar-refractivity contribution in [1.82, 2.24) is 4.90 Å². The van der Waals surface area contributed by atoms with Gasteiger partial charge >= 0.3 is 5.97 Å². The van der Waals surface area contributed by atoms with E-state index in [1.54, 1.807) is 0 Å². The van der Waals surface area contributed by atoms with E-state index in [9.17, 15) is 4.79 Å². The molecule has 0 atom stereocenters. The first-order valence-corrected chi connectivity index (χ1v) is 5.82. The summed E-state index contributed by atoms with van der Waals surface area (Å²) in [5.41, 5.74) is 0. The van der Waals surface area contributed by atoms with E-state index in [2.05, 4.69) is 4.90 Å². The van der Waals surface area contributed by atoms with Gasteiger partial charge in [-0.15, -0.1) is 12.4 Å². The average molecular weight is 250 g/mol. The minimum Gasteiger partial charge on any atom is -0.481 e. The monoisotopic (exact) mass is 249 g/mol. The Hall–Kier alpha value is -0.320. The highest BCUT2D eigenvalue weighted by Gasteiger charge is 2.29. The number of aliphatic carboxylic acids is 1. The van der Waals surface area contributed by atoms with E-state index in [4.69, 9.17) is 9.84 Å². The number of ether oxygens (including phenoxy) is 1. The van der Waals surface area contributed by atoms with Crippen molar-refractivity contribution in [2.24, 2.45) is 5.92 Å². The molecule has 94 valence electrons. The molecule has 0 bridgehead atoms. The highest BCUT2D eigenvalue weighted by molar-refractivity contribution is 5.85. The number of hydrogen-bond acceptors (Lipinski definition) is 3. The molecular weight excluding hydrogens is 230 g/mol. The standard InChI is InChI=1S/C11H19NO3.ClH/c13-11(14)9-1-3-10(4-2-9)12-5-7-15-8-6-12;/h9-10H,1-8H2,(H,13,14);1H/t9-,10-;. The van der Waals surface area contributed by atoms with Gasteiger partial charge < -0.3 is 9.84 Å². The van der Waals surface area contributed by atoms with Crippen LogP contribution >= 0.6 is 12.4 Å². The molecule has 16 heavy (non-hydrogen) atoms. The molecule has 5 heteroatoms. The largest absolute Gasteiger partial charge is 0.481 e. The van der Waals surface area contributed by atoms with Crippen LogP contribution in [0, 0.1) is 5.92 Å². The van der Waals surface area contributed by atoms with Crippen molar-refractivity contribution < 1.29 is 14.6 Å². The quantitative estimate of drug-likeness (QED) is 0.804. The summed E-state index contributed by atoms with van der Waals surface area (Å²) >= 11 is 0. The first-order chi connectivity index (χ1) is 7.27. The smallest absolute Gasteiger partial charge is 0.306 e. The molecule has 0 aromatic rings. The van der Waals surface area contributed by atoms with Crippen LogP contribution in [-0.4, -0.2) is 48.3 Å². The first kappa shape index (κ1) is 13.7. The minimum absolute atomic E-state index is 0. The lowest BCUT2D eigenvalue weighted by Crippen LogP contribution is -2.45. The fraction of sp³-hybridized carbons (Fsp3) is 0.909. The van der Waals surface area contributed by atoms with Gasteiger partial charge in [0.25, 0.3) is 0 Å².